The van der Waals surface area contributed by atoms with Crippen molar-refractivity contribution in [1.82, 2.24) is 19.9 Å². The fraction of sp³-hybridized carbons (Fsp3) is 0.524. The number of aromatic nitrogens is 3. The molecule has 0 unspecified atom stereocenters. The topological polar surface area (TPSA) is 102 Å². The van der Waals surface area contributed by atoms with E-state index in [1.165, 1.54) is 12.1 Å². The number of nitrogens with one attached hydrogen (secondary N) is 2. The molecule has 2 heterocycles. The number of benzene rings is 1. The SMILES string of the molecule is CC(C)(C)OC(=O)N1CCC(Nc2nc(Nc3ccc(F)c(Cl)c3)nc(OCC(F)(F)F)n2)CC1. The van der Waals surface area contributed by atoms with Crippen LogP contribution in [0.15, 0.2) is 18.2 Å². The highest BCUT2D eigenvalue weighted by atomic mass is 35.5. The Morgan fingerprint density at radius 2 is 1.80 bits per heavy atom. The first-order valence-electron chi connectivity index (χ1n) is 10.7. The molecule has 1 aromatic carbocycles. The highest BCUT2D eigenvalue weighted by Crippen LogP contribution is 2.24. The van der Waals surface area contributed by atoms with E-state index in [1.807, 2.05) is 0 Å². The van der Waals surface area contributed by atoms with Gasteiger partial charge in [0, 0.05) is 24.8 Å². The highest BCUT2D eigenvalue weighted by molar-refractivity contribution is 6.31. The summed E-state index contributed by atoms with van der Waals surface area (Å²) in [5.41, 5.74) is -0.303. The molecule has 192 valence electrons. The Hall–Kier alpha value is -3.09. The van der Waals surface area contributed by atoms with E-state index in [2.05, 4.69) is 25.6 Å². The molecular weight excluding hydrogens is 496 g/mol. The quantitative estimate of drug-likeness (QED) is 0.504. The van der Waals surface area contributed by atoms with Crippen molar-refractivity contribution in [2.24, 2.45) is 0 Å². The van der Waals surface area contributed by atoms with Gasteiger partial charge in [0.15, 0.2) is 6.61 Å². The summed E-state index contributed by atoms with van der Waals surface area (Å²) in [6.07, 6.45) is -3.95. The number of halogens is 5. The second kappa shape index (κ2) is 10.7. The summed E-state index contributed by atoms with van der Waals surface area (Å²) in [4.78, 5) is 25.8. The molecule has 2 aromatic rings. The van der Waals surface area contributed by atoms with Crippen molar-refractivity contribution in [3.8, 4) is 6.01 Å². The van der Waals surface area contributed by atoms with E-state index in [-0.39, 0.29) is 23.0 Å². The summed E-state index contributed by atoms with van der Waals surface area (Å²) in [6.45, 7) is 4.58. The molecule has 35 heavy (non-hydrogen) atoms. The standard InChI is InChI=1S/C21H25ClF4N6O3/c1-20(2,3)35-19(33)32-8-6-12(7-9-32)27-16-29-17(28-13-4-5-15(23)14(22)10-13)31-18(30-16)34-11-21(24,25)26/h4-5,10,12H,6-9,11H2,1-3H3,(H2,27,28,29,30,31). The van der Waals surface area contributed by atoms with Gasteiger partial charge in [-0.15, -0.1) is 0 Å². The predicted octanol–water partition coefficient (Wildman–Crippen LogP) is 5.16. The van der Waals surface area contributed by atoms with Gasteiger partial charge in [0.25, 0.3) is 0 Å². The molecule has 0 atom stereocenters. The zero-order valence-corrected chi connectivity index (χ0v) is 20.0. The van der Waals surface area contributed by atoms with E-state index in [9.17, 15) is 22.4 Å². The molecule has 1 aliphatic rings. The molecule has 14 heteroatoms. The number of amides is 1. The van der Waals surface area contributed by atoms with E-state index in [4.69, 9.17) is 21.1 Å². The van der Waals surface area contributed by atoms with E-state index in [1.54, 1.807) is 25.7 Å². The molecule has 9 nitrogen and oxygen atoms in total. The fourth-order valence-corrected chi connectivity index (χ4v) is 3.29. The molecule has 1 amide bonds. The van der Waals surface area contributed by atoms with Gasteiger partial charge in [0.05, 0.1) is 5.02 Å². The Morgan fingerprint density at radius 1 is 1.14 bits per heavy atom. The number of nitrogens with zero attached hydrogens (tertiary/aromatic N) is 4. The highest BCUT2D eigenvalue weighted by Gasteiger charge is 2.30. The van der Waals surface area contributed by atoms with Crippen molar-refractivity contribution in [3.05, 3.63) is 29.0 Å². The fourth-order valence-electron chi connectivity index (χ4n) is 3.11. The number of hydrogen-bond acceptors (Lipinski definition) is 8. The summed E-state index contributed by atoms with van der Waals surface area (Å²) < 4.78 is 61.4. The molecule has 1 saturated heterocycles. The van der Waals surface area contributed by atoms with Crippen molar-refractivity contribution in [2.75, 3.05) is 30.3 Å². The van der Waals surface area contributed by atoms with Gasteiger partial charge in [-0.2, -0.15) is 28.1 Å². The average Bonchev–Trinajstić information content (AvgIpc) is 2.74. The second-order valence-electron chi connectivity index (χ2n) is 8.81. The lowest BCUT2D eigenvalue weighted by molar-refractivity contribution is -0.154. The maximum atomic E-state index is 13.4. The maximum Gasteiger partial charge on any atom is 0.422 e. The molecule has 0 bridgehead atoms. The van der Waals surface area contributed by atoms with Gasteiger partial charge in [-0.05, 0) is 51.8 Å². The molecule has 0 saturated carbocycles. The Kier molecular flexibility index (Phi) is 8.08. The summed E-state index contributed by atoms with van der Waals surface area (Å²) in [5, 5.41) is 5.63. The second-order valence-corrected chi connectivity index (χ2v) is 9.22. The van der Waals surface area contributed by atoms with Crippen molar-refractivity contribution < 1.29 is 31.8 Å². The smallest absolute Gasteiger partial charge is 0.422 e. The van der Waals surface area contributed by atoms with Gasteiger partial charge in [0.1, 0.15) is 11.4 Å². The molecule has 1 aromatic heterocycles. The van der Waals surface area contributed by atoms with Crippen LogP contribution in [0, 0.1) is 5.82 Å². The zero-order valence-electron chi connectivity index (χ0n) is 19.2. The summed E-state index contributed by atoms with van der Waals surface area (Å²) in [5.74, 6) is -0.792. The third kappa shape index (κ3) is 8.57. The van der Waals surface area contributed by atoms with Crippen LogP contribution >= 0.6 is 11.6 Å². The first kappa shape index (κ1) is 26.5. The monoisotopic (exact) mass is 520 g/mol. The van der Waals surface area contributed by atoms with Crippen LogP contribution < -0.4 is 15.4 Å². The van der Waals surface area contributed by atoms with Crippen LogP contribution in [0.3, 0.4) is 0 Å². The first-order valence-corrected chi connectivity index (χ1v) is 11.1. The number of likely N-dealkylation sites (tertiary alicyclic amines) is 1. The van der Waals surface area contributed by atoms with Gasteiger partial charge in [-0.25, -0.2) is 9.18 Å². The number of ether oxygens (including phenoxy) is 2. The predicted molar refractivity (Wildman–Crippen MR) is 121 cm³/mol. The van der Waals surface area contributed by atoms with E-state index >= 15 is 0 Å². The lowest BCUT2D eigenvalue weighted by Gasteiger charge is -2.33. The van der Waals surface area contributed by atoms with Crippen LogP contribution in [0.1, 0.15) is 33.6 Å². The number of anilines is 3. The third-order valence-corrected chi connectivity index (χ3v) is 4.93. The number of carbonyl (C=O) groups is 1. The summed E-state index contributed by atoms with van der Waals surface area (Å²) in [7, 11) is 0. The number of alkyl halides is 3. The Bertz CT molecular complexity index is 1040. The van der Waals surface area contributed by atoms with Crippen LogP contribution in [0.25, 0.3) is 0 Å². The molecule has 0 aliphatic carbocycles. The maximum absolute atomic E-state index is 13.4. The molecule has 1 aliphatic heterocycles. The average molecular weight is 521 g/mol. The Morgan fingerprint density at radius 3 is 2.40 bits per heavy atom. The van der Waals surface area contributed by atoms with Crippen LogP contribution in [0.4, 0.5) is 39.9 Å². The van der Waals surface area contributed by atoms with Gasteiger partial charge in [-0.1, -0.05) is 11.6 Å². The van der Waals surface area contributed by atoms with Crippen LogP contribution in [0.2, 0.25) is 5.02 Å². The Labute approximate surface area is 204 Å². The van der Waals surface area contributed by atoms with E-state index < -0.39 is 36.3 Å². The molecule has 1 fully saturated rings. The number of rotatable bonds is 6. The van der Waals surface area contributed by atoms with Gasteiger partial charge in [-0.3, -0.25) is 0 Å². The number of piperidine rings is 1. The molecular formula is C21H25ClF4N6O3. The molecule has 0 spiro atoms. The molecule has 3 rings (SSSR count). The normalized spacial score (nSPS) is 15.0. The van der Waals surface area contributed by atoms with Gasteiger partial charge in [0.2, 0.25) is 11.9 Å². The van der Waals surface area contributed by atoms with E-state index in [0.717, 1.165) is 6.07 Å². The summed E-state index contributed by atoms with van der Waals surface area (Å²) in [6, 6.07) is 3.03. The third-order valence-electron chi connectivity index (χ3n) is 4.64. The molecule has 0 radical (unpaired) electrons. The lowest BCUT2D eigenvalue weighted by atomic mass is 10.1. The van der Waals surface area contributed by atoms with Crippen molar-refractivity contribution >= 4 is 35.3 Å². The van der Waals surface area contributed by atoms with E-state index in [0.29, 0.717) is 31.6 Å². The van der Waals surface area contributed by atoms with Crippen molar-refractivity contribution in [3.63, 3.8) is 0 Å². The number of carbonyl (C=O) groups excluding carboxylic acids is 1. The largest absolute Gasteiger partial charge is 0.454 e. The minimum atomic E-state index is -4.59. The molecule has 2 N–H and O–H groups in total. The minimum absolute atomic E-state index is 0.0244. The zero-order chi connectivity index (χ0) is 25.8. The minimum Gasteiger partial charge on any atom is -0.454 e. The number of hydrogen-bond donors (Lipinski definition) is 2. The summed E-state index contributed by atoms with van der Waals surface area (Å²) >= 11 is 5.77. The van der Waals surface area contributed by atoms with Gasteiger partial charge < -0.3 is 25.0 Å². The van der Waals surface area contributed by atoms with Crippen LogP contribution in [-0.2, 0) is 4.74 Å². The van der Waals surface area contributed by atoms with Gasteiger partial charge >= 0.3 is 18.3 Å². The first-order chi connectivity index (χ1) is 16.3. The van der Waals surface area contributed by atoms with Crippen LogP contribution in [0.5, 0.6) is 6.01 Å². The van der Waals surface area contributed by atoms with Crippen molar-refractivity contribution in [1.29, 1.82) is 0 Å². The van der Waals surface area contributed by atoms with Crippen molar-refractivity contribution in [2.45, 2.75) is 51.4 Å². The Balaban J connectivity index is 1.71. The van der Waals surface area contributed by atoms with Crippen LogP contribution in [-0.4, -0.2) is 63.5 Å². The lowest BCUT2D eigenvalue weighted by Crippen LogP contribution is -2.44.